The Kier molecular flexibility index (Phi) is 44.6. The molecule has 0 heterocycles. The molecule has 0 saturated heterocycles. The second-order valence-corrected chi connectivity index (χ2v) is 18.0. The second kappa shape index (κ2) is 47.5. The first-order chi connectivity index (χ1) is 32.1. The molecule has 8 nitrogen and oxygen atoms in total. The fourth-order valence-corrected chi connectivity index (χ4v) is 6.97. The van der Waals surface area contributed by atoms with E-state index in [1.165, 1.54) is 57.8 Å². The summed E-state index contributed by atoms with van der Waals surface area (Å²) in [4.78, 5) is 37.1. The first kappa shape index (κ1) is 62.0. The maximum atomic E-state index is 12.8. The molecule has 0 amide bonds. The van der Waals surface area contributed by atoms with Gasteiger partial charge in [-0.15, -0.1) is 0 Å². The molecule has 0 aliphatic carbocycles. The largest absolute Gasteiger partial charge is 0.544 e. The van der Waals surface area contributed by atoms with Gasteiger partial charge >= 0.3 is 11.9 Å². The summed E-state index contributed by atoms with van der Waals surface area (Å²) in [7, 11) is 5.39. The number of carboxylic acid groups (broad SMARTS) is 1. The van der Waals surface area contributed by atoms with Crippen molar-refractivity contribution in [2.45, 2.75) is 199 Å². The monoisotopic (exact) mass is 918 g/mol. The summed E-state index contributed by atoms with van der Waals surface area (Å²) in [5.41, 5.74) is 0. The molecule has 0 N–H and O–H groups in total. The van der Waals surface area contributed by atoms with Gasteiger partial charge in [0.05, 0.1) is 40.3 Å². The van der Waals surface area contributed by atoms with Gasteiger partial charge < -0.3 is 28.6 Å². The predicted octanol–water partition coefficient (Wildman–Crippen LogP) is 13.9. The number of hydrogen-bond donors (Lipinski definition) is 0. The number of nitrogens with zero attached hydrogens (tertiary/aromatic N) is 1. The summed E-state index contributed by atoms with van der Waals surface area (Å²) >= 11 is 0. The Morgan fingerprint density at radius 2 is 0.803 bits per heavy atom. The fraction of sp³-hybridized carbons (Fsp3) is 0.638. The van der Waals surface area contributed by atoms with Crippen LogP contribution in [0.2, 0.25) is 0 Å². The van der Waals surface area contributed by atoms with E-state index >= 15 is 0 Å². The molecule has 0 rings (SSSR count). The molecule has 0 fully saturated rings. The number of carbonyl (C=O) groups excluding carboxylic acids is 3. The number of esters is 2. The minimum atomic E-state index is -1.14. The molecule has 0 bridgehead atoms. The van der Waals surface area contributed by atoms with Gasteiger partial charge in [-0.05, 0) is 96.3 Å². The number of ether oxygens (including phenoxy) is 3. The lowest BCUT2D eigenvalue weighted by Crippen LogP contribution is -2.55. The van der Waals surface area contributed by atoms with Crippen LogP contribution >= 0.6 is 0 Å². The molecule has 2 atom stereocenters. The van der Waals surface area contributed by atoms with E-state index in [-0.39, 0.29) is 49.1 Å². The summed E-state index contributed by atoms with van der Waals surface area (Å²) in [5.74, 6) is -1.81. The number of hydrogen-bond acceptors (Lipinski definition) is 7. The van der Waals surface area contributed by atoms with Gasteiger partial charge in [0.1, 0.15) is 12.6 Å². The molecule has 0 aromatic rings. The van der Waals surface area contributed by atoms with Crippen LogP contribution in [0.3, 0.4) is 0 Å². The van der Waals surface area contributed by atoms with Crippen LogP contribution in [-0.4, -0.2) is 75.5 Å². The number of carbonyl (C=O) groups is 3. The van der Waals surface area contributed by atoms with Crippen molar-refractivity contribution < 1.29 is 38.2 Å². The summed E-state index contributed by atoms with van der Waals surface area (Å²) in [6, 6.07) is -0.742. The SMILES string of the molecule is CC/C=C/C/C=C/C/C=C/C/C=C/C/C=C/C/C=C/CCCCC(=O)OC(COCCC(C(=O)[O-])[N+](C)(C)C)COC(=O)CCCCCCCCCCCCC/C=C/C/C=C/C/C=C/CC. The quantitative estimate of drug-likeness (QED) is 0.0259. The van der Waals surface area contributed by atoms with Crippen molar-refractivity contribution in [3.63, 3.8) is 0 Å². The van der Waals surface area contributed by atoms with Crippen LogP contribution in [0.4, 0.5) is 0 Å². The van der Waals surface area contributed by atoms with Gasteiger partial charge in [0.15, 0.2) is 6.10 Å². The maximum absolute atomic E-state index is 12.8. The van der Waals surface area contributed by atoms with Crippen LogP contribution in [-0.2, 0) is 28.6 Å². The highest BCUT2D eigenvalue weighted by atomic mass is 16.6. The first-order valence-electron chi connectivity index (χ1n) is 25.9. The molecule has 8 heteroatoms. The van der Waals surface area contributed by atoms with E-state index in [9.17, 15) is 19.5 Å². The zero-order chi connectivity index (χ0) is 48.4. The van der Waals surface area contributed by atoms with Crippen molar-refractivity contribution in [3.8, 4) is 0 Å². The van der Waals surface area contributed by atoms with E-state index in [1.807, 2.05) is 0 Å². The zero-order valence-corrected chi connectivity index (χ0v) is 42.6. The van der Waals surface area contributed by atoms with Crippen molar-refractivity contribution in [3.05, 3.63) is 109 Å². The minimum absolute atomic E-state index is 0.0155. The predicted molar refractivity (Wildman–Crippen MR) is 277 cm³/mol. The highest BCUT2D eigenvalue weighted by Crippen LogP contribution is 2.14. The molecule has 0 aliphatic heterocycles. The summed E-state index contributed by atoms with van der Waals surface area (Å²) in [6.07, 6.45) is 65.5. The maximum Gasteiger partial charge on any atom is 0.306 e. The fourth-order valence-electron chi connectivity index (χ4n) is 6.97. The van der Waals surface area contributed by atoms with Crippen LogP contribution < -0.4 is 5.11 Å². The Labute approximate surface area is 404 Å². The number of quaternary nitrogens is 1. The van der Waals surface area contributed by atoms with Crippen LogP contribution in [0.25, 0.3) is 0 Å². The van der Waals surface area contributed by atoms with Gasteiger partial charge in [0, 0.05) is 19.3 Å². The van der Waals surface area contributed by atoms with Gasteiger partial charge in [-0.3, -0.25) is 9.59 Å². The van der Waals surface area contributed by atoms with E-state index in [4.69, 9.17) is 14.2 Å². The van der Waals surface area contributed by atoms with Crippen molar-refractivity contribution in [2.24, 2.45) is 0 Å². The third-order valence-electron chi connectivity index (χ3n) is 10.9. The van der Waals surface area contributed by atoms with Crippen LogP contribution in [0.15, 0.2) is 109 Å². The number of rotatable bonds is 45. The molecular formula is C58H95NO7. The van der Waals surface area contributed by atoms with Crippen molar-refractivity contribution in [1.29, 1.82) is 0 Å². The first-order valence-corrected chi connectivity index (χ1v) is 25.9. The van der Waals surface area contributed by atoms with Crippen LogP contribution in [0.5, 0.6) is 0 Å². The Balaban J connectivity index is 4.34. The summed E-state index contributed by atoms with van der Waals surface area (Å²) in [6.45, 7) is 4.38. The topological polar surface area (TPSA) is 102 Å². The summed E-state index contributed by atoms with van der Waals surface area (Å²) in [5, 5.41) is 11.7. The van der Waals surface area contributed by atoms with E-state index in [1.54, 1.807) is 21.1 Å². The zero-order valence-electron chi connectivity index (χ0n) is 42.6. The molecule has 0 aliphatic rings. The summed E-state index contributed by atoms with van der Waals surface area (Å²) < 4.78 is 17.2. The Morgan fingerprint density at radius 3 is 1.21 bits per heavy atom. The number of allylic oxidation sites excluding steroid dienone is 18. The number of carboxylic acids is 1. The Hall–Kier alpha value is -4.01. The van der Waals surface area contributed by atoms with Crippen molar-refractivity contribution in [1.82, 2.24) is 0 Å². The Bertz CT molecular complexity index is 1440. The Morgan fingerprint density at radius 1 is 0.455 bits per heavy atom. The van der Waals surface area contributed by atoms with Crippen LogP contribution in [0.1, 0.15) is 187 Å². The highest BCUT2D eigenvalue weighted by Gasteiger charge is 2.25. The van der Waals surface area contributed by atoms with Gasteiger partial charge in [-0.25, -0.2) is 0 Å². The molecule has 0 aromatic carbocycles. The normalized spacial score (nSPS) is 13.8. The van der Waals surface area contributed by atoms with Crippen LogP contribution in [0, 0.1) is 0 Å². The molecule has 66 heavy (non-hydrogen) atoms. The van der Waals surface area contributed by atoms with E-state index in [2.05, 4.69) is 123 Å². The van der Waals surface area contributed by atoms with E-state index < -0.39 is 18.1 Å². The molecule has 2 unspecified atom stereocenters. The van der Waals surface area contributed by atoms with Gasteiger partial charge in [0.25, 0.3) is 0 Å². The van der Waals surface area contributed by atoms with Gasteiger partial charge in [0.2, 0.25) is 0 Å². The number of unbranched alkanes of at least 4 members (excludes halogenated alkanes) is 13. The standard InChI is InChI=1S/C58H95NO7/c1-6-8-10-12-14-16-18-20-22-24-26-28-30-32-34-36-38-40-42-44-46-48-56(60)65-53-54(52-64-51-50-55(58(62)63)59(3,4)5)66-57(61)49-47-45-43-41-39-37-35-33-31-29-27-25-23-21-19-17-15-13-11-9-7-2/h8-11,14-17,20-23,27,29,33,35,39,41,54-55H,6-7,12-13,18-19,24-26,28,30-32,34,36-38,40,42-53H2,1-5H3/b10-8+,11-9+,16-14+,17-15+,22-20+,23-21+,29-27+,35-33+,41-39+. The van der Waals surface area contributed by atoms with E-state index in [0.717, 1.165) is 89.9 Å². The molecule has 0 aromatic heterocycles. The molecular weight excluding hydrogens is 823 g/mol. The highest BCUT2D eigenvalue weighted by molar-refractivity contribution is 5.70. The molecule has 0 spiro atoms. The molecule has 374 valence electrons. The van der Waals surface area contributed by atoms with Gasteiger partial charge in [-0.2, -0.15) is 0 Å². The lowest BCUT2D eigenvalue weighted by molar-refractivity contribution is -0.889. The third kappa shape index (κ3) is 45.2. The third-order valence-corrected chi connectivity index (χ3v) is 10.9. The van der Waals surface area contributed by atoms with Crippen molar-refractivity contribution in [2.75, 3.05) is 41.0 Å². The minimum Gasteiger partial charge on any atom is -0.544 e. The molecule has 0 saturated carbocycles. The average Bonchev–Trinajstić information content (AvgIpc) is 3.28. The number of aliphatic carboxylic acids is 1. The second-order valence-electron chi connectivity index (χ2n) is 18.0. The van der Waals surface area contributed by atoms with Gasteiger partial charge in [-0.1, -0.05) is 181 Å². The molecule has 0 radical (unpaired) electrons. The van der Waals surface area contributed by atoms with E-state index in [0.29, 0.717) is 12.8 Å². The van der Waals surface area contributed by atoms with Crippen molar-refractivity contribution >= 4 is 17.9 Å². The lowest BCUT2D eigenvalue weighted by atomic mass is 10.0. The lowest BCUT2D eigenvalue weighted by Gasteiger charge is -2.34. The average molecular weight is 918 g/mol. The smallest absolute Gasteiger partial charge is 0.306 e. The number of likely N-dealkylation sites (N-methyl/N-ethyl adjacent to an activating group) is 1.